The van der Waals surface area contributed by atoms with Crippen molar-refractivity contribution >= 4 is 5.78 Å². The Bertz CT molecular complexity index is 1450. The molecule has 0 amide bonds. The van der Waals surface area contributed by atoms with E-state index in [1.807, 2.05) is 13.8 Å². The highest BCUT2D eigenvalue weighted by Crippen LogP contribution is 2.74. The minimum atomic E-state index is -1.54. The quantitative estimate of drug-likeness (QED) is 0.134. The van der Waals surface area contributed by atoms with Crippen molar-refractivity contribution in [3.63, 3.8) is 0 Å². The van der Waals surface area contributed by atoms with Crippen LogP contribution in [0.2, 0.25) is 0 Å². The Labute approximate surface area is 331 Å². The molecule has 2 saturated heterocycles. The molecule has 14 nitrogen and oxygen atoms in total. The molecule has 0 aromatic carbocycles. The van der Waals surface area contributed by atoms with Crippen molar-refractivity contribution in [1.29, 1.82) is 0 Å². The average Bonchev–Trinajstić information content (AvgIpc) is 3.41. The minimum Gasteiger partial charge on any atom is -0.394 e. The lowest BCUT2D eigenvalue weighted by atomic mass is 9.38. The number of fused-ring (bicyclic) bond motifs is 5. The van der Waals surface area contributed by atoms with E-state index in [9.17, 15) is 50.8 Å². The molecule has 0 spiro atoms. The molecule has 9 N–H and O–H groups in total. The molecule has 0 aromatic rings. The van der Waals surface area contributed by atoms with Gasteiger partial charge in [-0.1, -0.05) is 53.2 Å². The van der Waals surface area contributed by atoms with Crippen molar-refractivity contribution in [1.82, 2.24) is 0 Å². The van der Waals surface area contributed by atoms with Gasteiger partial charge in [0.15, 0.2) is 12.6 Å². The number of hydrogen-bond acceptors (Lipinski definition) is 14. The predicted molar refractivity (Wildman–Crippen MR) is 201 cm³/mol. The molecule has 56 heavy (non-hydrogen) atoms. The summed E-state index contributed by atoms with van der Waals surface area (Å²) in [6.07, 6.45) is -7.42. The number of carbonyl (C=O) groups is 1. The summed E-state index contributed by atoms with van der Waals surface area (Å²) in [5.41, 5.74) is -1.38. The average molecular weight is 799 g/mol. The van der Waals surface area contributed by atoms with E-state index >= 15 is 0 Å². The highest BCUT2D eigenvalue weighted by Gasteiger charge is 2.70. The fraction of sp³-hybridized carbons (Fsp3) is 0.929. The smallest absolute Gasteiger partial charge is 0.187 e. The zero-order chi connectivity index (χ0) is 41.5. The first-order valence-electron chi connectivity index (χ1n) is 20.9. The predicted octanol–water partition coefficient (Wildman–Crippen LogP) is 1.33. The minimum absolute atomic E-state index is 0.00670. The van der Waals surface area contributed by atoms with Crippen LogP contribution in [0, 0.1) is 45.3 Å². The summed E-state index contributed by atoms with van der Waals surface area (Å²) >= 11 is 0. The maximum absolute atomic E-state index is 14.8. The summed E-state index contributed by atoms with van der Waals surface area (Å²) in [4.78, 5) is 14.8. The normalized spacial score (nSPS) is 49.0. The summed E-state index contributed by atoms with van der Waals surface area (Å²) < 4.78 is 23.7. The largest absolute Gasteiger partial charge is 0.394 e. The van der Waals surface area contributed by atoms with Gasteiger partial charge in [0.1, 0.15) is 54.6 Å². The van der Waals surface area contributed by atoms with Gasteiger partial charge in [0.25, 0.3) is 0 Å². The molecule has 19 unspecified atom stereocenters. The van der Waals surface area contributed by atoms with E-state index in [0.29, 0.717) is 32.1 Å². The number of aliphatic hydroxyl groups excluding tert-OH is 9. The lowest BCUT2D eigenvalue weighted by Gasteiger charge is -2.65. The summed E-state index contributed by atoms with van der Waals surface area (Å²) in [6.45, 7) is 15.6. The number of Topliss-reactive ketones (excluding diaryl/α,β-unsaturated/α-hetero) is 1. The van der Waals surface area contributed by atoms with Gasteiger partial charge >= 0.3 is 0 Å². The zero-order valence-corrected chi connectivity index (χ0v) is 34.5. The maximum Gasteiger partial charge on any atom is 0.187 e. The zero-order valence-electron chi connectivity index (χ0n) is 34.5. The monoisotopic (exact) mass is 798 g/mol. The van der Waals surface area contributed by atoms with Crippen LogP contribution in [0.25, 0.3) is 0 Å². The Kier molecular flexibility index (Phi) is 12.5. The van der Waals surface area contributed by atoms with Crippen molar-refractivity contribution in [3.8, 4) is 0 Å². The van der Waals surface area contributed by atoms with E-state index in [4.69, 9.17) is 18.9 Å². The fourth-order valence-electron chi connectivity index (χ4n) is 12.4. The Morgan fingerprint density at radius 1 is 0.821 bits per heavy atom. The standard InChI is InChI=1S/C42H70O14/c1-20(24(45)14-15-38(2,3)56-37-35(52)33(50)31(48)26(19-44)54-37)21-13-16-40(6)27-11-9-22-23(42(27,8)28(46)17-41(21,40)7)10-12-29(39(22,4)5)55-36-34(51)32(49)30(47)25(18-43)53-36/h9,20-21,23-27,29-37,43-45,47-52H,10-19H2,1-8H3. The van der Waals surface area contributed by atoms with Gasteiger partial charge in [0, 0.05) is 17.3 Å². The van der Waals surface area contributed by atoms with Crippen molar-refractivity contribution < 1.29 is 69.7 Å². The second-order valence-electron chi connectivity index (χ2n) is 20.0. The van der Waals surface area contributed by atoms with E-state index in [-0.39, 0.29) is 40.3 Å². The van der Waals surface area contributed by atoms with Crippen LogP contribution < -0.4 is 0 Å². The second kappa shape index (κ2) is 15.7. The third kappa shape index (κ3) is 7.07. The first-order chi connectivity index (χ1) is 26.0. The Morgan fingerprint density at radius 2 is 1.39 bits per heavy atom. The van der Waals surface area contributed by atoms with Gasteiger partial charge in [-0.05, 0) is 93.3 Å². The van der Waals surface area contributed by atoms with E-state index in [0.717, 1.165) is 24.8 Å². The topological polar surface area (TPSA) is 236 Å². The van der Waals surface area contributed by atoms with Gasteiger partial charge in [-0.15, -0.1) is 0 Å². The number of hydrogen-bond donors (Lipinski definition) is 9. The summed E-state index contributed by atoms with van der Waals surface area (Å²) in [5.74, 6) is 0.312. The SMILES string of the molecule is CC(C(O)CCC(C)(C)OC1OC(CO)C(O)C(O)C1O)C1CCC2(C)C3CC=C4C(CCC(OC5OC(CO)C(O)C(O)C5O)C4(C)C)C3(C)C(=O)CC12C. The molecule has 5 fully saturated rings. The molecule has 2 aliphatic heterocycles. The molecule has 3 saturated carbocycles. The molecule has 19 atom stereocenters. The lowest BCUT2D eigenvalue weighted by molar-refractivity contribution is -0.324. The van der Waals surface area contributed by atoms with Gasteiger partial charge in [-0.2, -0.15) is 0 Å². The molecule has 322 valence electrons. The number of carbonyl (C=O) groups excluding carboxylic acids is 1. The molecule has 6 aliphatic rings. The van der Waals surface area contributed by atoms with Gasteiger partial charge in [0.05, 0.1) is 31.0 Å². The van der Waals surface area contributed by atoms with E-state index < -0.39 is 103 Å². The van der Waals surface area contributed by atoms with Gasteiger partial charge in [0.2, 0.25) is 0 Å². The molecule has 4 aliphatic carbocycles. The number of ether oxygens (including phenoxy) is 4. The third-order valence-electron chi connectivity index (χ3n) is 16.4. The number of allylic oxidation sites excluding steroid dienone is 1. The molecular weight excluding hydrogens is 728 g/mol. The van der Waals surface area contributed by atoms with E-state index in [1.54, 1.807) is 0 Å². The second-order valence-corrected chi connectivity index (χ2v) is 20.0. The lowest BCUT2D eigenvalue weighted by Crippen LogP contribution is -2.64. The Morgan fingerprint density at radius 3 is 1.98 bits per heavy atom. The molecule has 14 heteroatoms. The van der Waals surface area contributed by atoms with Crippen LogP contribution >= 0.6 is 0 Å². The van der Waals surface area contributed by atoms with Crippen LogP contribution in [0.4, 0.5) is 0 Å². The maximum atomic E-state index is 14.8. The van der Waals surface area contributed by atoms with Crippen molar-refractivity contribution in [2.24, 2.45) is 45.3 Å². The molecule has 2 heterocycles. The van der Waals surface area contributed by atoms with Crippen LogP contribution in [0.3, 0.4) is 0 Å². The van der Waals surface area contributed by atoms with Gasteiger partial charge in [-0.25, -0.2) is 0 Å². The van der Waals surface area contributed by atoms with Crippen molar-refractivity contribution in [2.45, 2.75) is 186 Å². The molecule has 6 rings (SSSR count). The Hall–Kier alpha value is -1.11. The first-order valence-corrected chi connectivity index (χ1v) is 20.9. The summed E-state index contributed by atoms with van der Waals surface area (Å²) in [6, 6.07) is 0. The van der Waals surface area contributed by atoms with Crippen LogP contribution in [0.15, 0.2) is 11.6 Å². The first kappa shape index (κ1) is 44.4. The van der Waals surface area contributed by atoms with Gasteiger partial charge < -0.3 is 64.9 Å². The Balaban J connectivity index is 1.14. The van der Waals surface area contributed by atoms with Gasteiger partial charge in [-0.3, -0.25) is 4.79 Å². The van der Waals surface area contributed by atoms with Crippen LogP contribution in [0.5, 0.6) is 0 Å². The number of ketones is 1. The fourth-order valence-corrected chi connectivity index (χ4v) is 12.4. The van der Waals surface area contributed by atoms with Crippen LogP contribution in [-0.2, 0) is 23.7 Å². The van der Waals surface area contributed by atoms with Crippen molar-refractivity contribution in [3.05, 3.63) is 11.6 Å². The van der Waals surface area contributed by atoms with E-state index in [2.05, 4.69) is 47.6 Å². The third-order valence-corrected chi connectivity index (χ3v) is 16.4. The highest BCUT2D eigenvalue weighted by atomic mass is 16.7. The molecular formula is C42H70O14. The highest BCUT2D eigenvalue weighted by molar-refractivity contribution is 5.88. The molecule has 0 aromatic heterocycles. The van der Waals surface area contributed by atoms with E-state index in [1.165, 1.54) is 0 Å². The molecule has 0 radical (unpaired) electrons. The summed E-state index contributed by atoms with van der Waals surface area (Å²) in [7, 11) is 0. The van der Waals surface area contributed by atoms with Crippen molar-refractivity contribution in [2.75, 3.05) is 13.2 Å². The summed E-state index contributed by atoms with van der Waals surface area (Å²) in [5, 5.41) is 93.3. The number of rotatable bonds is 11. The number of aliphatic hydroxyl groups is 9. The van der Waals surface area contributed by atoms with Crippen LogP contribution in [0.1, 0.15) is 107 Å². The van der Waals surface area contributed by atoms with Crippen LogP contribution in [-0.4, -0.2) is 144 Å². The molecule has 0 bridgehead atoms.